The summed E-state index contributed by atoms with van der Waals surface area (Å²) in [4.78, 5) is 27.1. The number of benzene rings is 3. The topological polar surface area (TPSA) is 116 Å². The molecule has 3 N–H and O–H groups in total. The molecule has 37 heavy (non-hydrogen) atoms. The van der Waals surface area contributed by atoms with E-state index < -0.39 is 33.1 Å². The number of halogens is 1. The number of sulfone groups is 1. The summed E-state index contributed by atoms with van der Waals surface area (Å²) in [6, 6.07) is 22.0. The molecule has 1 amide bonds. The highest BCUT2D eigenvalue weighted by atomic mass is 35.5. The first kappa shape index (κ1) is 28.4. The summed E-state index contributed by atoms with van der Waals surface area (Å²) in [6.07, 6.45) is 0.714. The van der Waals surface area contributed by atoms with Crippen LogP contribution in [0.5, 0.6) is 0 Å². The van der Waals surface area contributed by atoms with Crippen LogP contribution in [0, 0.1) is 5.92 Å². The largest absolute Gasteiger partial charge is 0.428 e. The van der Waals surface area contributed by atoms with Crippen LogP contribution in [0.1, 0.15) is 35.7 Å². The van der Waals surface area contributed by atoms with Gasteiger partial charge in [0.15, 0.2) is 9.84 Å². The molecular formula is C28H31ClN2O5S. The van der Waals surface area contributed by atoms with Gasteiger partial charge < -0.3 is 15.8 Å². The molecule has 2 unspecified atom stereocenters. The Bertz CT molecular complexity index is 1290. The van der Waals surface area contributed by atoms with Gasteiger partial charge in [-0.05, 0) is 49.6 Å². The summed E-state index contributed by atoms with van der Waals surface area (Å²) in [6.45, 7) is 2.79. The summed E-state index contributed by atoms with van der Waals surface area (Å²) in [5.74, 6) is -1.33. The van der Waals surface area contributed by atoms with Gasteiger partial charge in [0.2, 0.25) is 11.4 Å². The van der Waals surface area contributed by atoms with Gasteiger partial charge in [-0.3, -0.25) is 4.79 Å². The highest BCUT2D eigenvalue weighted by Gasteiger charge is 2.48. The smallest absolute Gasteiger partial charge is 0.408 e. The zero-order chi connectivity index (χ0) is 26.9. The number of carbonyl (C=O) groups is 2. The van der Waals surface area contributed by atoms with Gasteiger partial charge in [-0.15, -0.1) is 0 Å². The molecule has 0 aliphatic rings. The Kier molecular flexibility index (Phi) is 9.86. The number of carbonyl (C=O) groups excluding carboxylic acids is 2. The fourth-order valence-corrected chi connectivity index (χ4v) is 5.69. The highest BCUT2D eigenvalue weighted by Crippen LogP contribution is 2.34. The van der Waals surface area contributed by atoms with Crippen molar-refractivity contribution >= 4 is 33.3 Å². The van der Waals surface area contributed by atoms with Gasteiger partial charge in [-0.2, -0.15) is 0 Å². The number of rotatable bonds is 12. The molecule has 0 saturated heterocycles. The van der Waals surface area contributed by atoms with E-state index in [9.17, 15) is 18.0 Å². The number of amides is 1. The predicted molar refractivity (Wildman–Crippen MR) is 144 cm³/mol. The quantitative estimate of drug-likeness (QED) is 0.311. The Balaban J connectivity index is 2.07. The van der Waals surface area contributed by atoms with Crippen molar-refractivity contribution in [2.75, 3.05) is 18.8 Å². The summed E-state index contributed by atoms with van der Waals surface area (Å²) in [5, 5.41) is 3.06. The first-order valence-electron chi connectivity index (χ1n) is 12.0. The first-order chi connectivity index (χ1) is 17.7. The molecule has 3 aromatic rings. The number of hydrogen-bond acceptors (Lipinski definition) is 6. The molecule has 0 aliphatic heterocycles. The predicted octanol–water partition coefficient (Wildman–Crippen LogP) is 4.99. The van der Waals surface area contributed by atoms with Crippen molar-refractivity contribution in [1.82, 2.24) is 5.32 Å². The number of nitrogens with two attached hydrogens (primary N) is 1. The maximum atomic E-state index is 14.0. The normalized spacial score (nSPS) is 13.8. The minimum Gasteiger partial charge on any atom is -0.428 e. The monoisotopic (exact) mass is 542 g/mol. The number of hydrogen-bond donors (Lipinski definition) is 2. The van der Waals surface area contributed by atoms with Crippen LogP contribution in [0.3, 0.4) is 0 Å². The number of ketones is 1. The van der Waals surface area contributed by atoms with Crippen LogP contribution >= 0.6 is 11.6 Å². The second-order valence-corrected chi connectivity index (χ2v) is 11.3. The van der Waals surface area contributed by atoms with Crippen LogP contribution in [0.2, 0.25) is 5.02 Å². The molecule has 0 radical (unpaired) electrons. The maximum absolute atomic E-state index is 14.0. The van der Waals surface area contributed by atoms with Gasteiger partial charge in [0.25, 0.3) is 0 Å². The van der Waals surface area contributed by atoms with E-state index in [-0.39, 0.29) is 28.5 Å². The van der Waals surface area contributed by atoms with E-state index in [4.69, 9.17) is 22.1 Å². The minimum atomic E-state index is -4.12. The van der Waals surface area contributed by atoms with E-state index in [0.717, 1.165) is 12.8 Å². The Labute approximate surface area is 222 Å². The van der Waals surface area contributed by atoms with Crippen molar-refractivity contribution in [3.63, 3.8) is 0 Å². The standard InChI is InChI=1S/C28H31ClN2O5S/c1-21(9-8-18-30)19-31-27(33)36-28(23-12-6-3-7-13-23,26(32)22-10-4-2-5-11-22)20-37(34,35)25-16-14-24(29)15-17-25/h2-7,10-17,21H,8-9,18-20,30H2,1H3,(H,31,33). The van der Waals surface area contributed by atoms with Crippen molar-refractivity contribution < 1.29 is 22.7 Å². The number of alkyl carbamates (subject to hydrolysis) is 1. The summed E-state index contributed by atoms with van der Waals surface area (Å²) in [5.41, 5.74) is 3.88. The van der Waals surface area contributed by atoms with Crippen LogP contribution in [-0.2, 0) is 20.2 Å². The molecule has 0 aliphatic carbocycles. The van der Waals surface area contributed by atoms with Crippen molar-refractivity contribution in [3.05, 3.63) is 101 Å². The lowest BCUT2D eigenvalue weighted by Crippen LogP contribution is -2.48. The average molecular weight is 543 g/mol. The molecule has 2 atom stereocenters. The van der Waals surface area contributed by atoms with Crippen molar-refractivity contribution in [1.29, 1.82) is 0 Å². The molecule has 0 bridgehead atoms. The van der Waals surface area contributed by atoms with Crippen LogP contribution in [0.25, 0.3) is 0 Å². The van der Waals surface area contributed by atoms with Gasteiger partial charge in [0.05, 0.1) is 4.90 Å². The van der Waals surface area contributed by atoms with E-state index in [0.29, 0.717) is 11.6 Å². The Morgan fingerprint density at radius 3 is 2.16 bits per heavy atom. The van der Waals surface area contributed by atoms with Crippen molar-refractivity contribution in [3.8, 4) is 0 Å². The fraction of sp³-hybridized carbons (Fsp3) is 0.286. The minimum absolute atomic E-state index is 0.0440. The van der Waals surface area contributed by atoms with Crippen molar-refractivity contribution in [2.45, 2.75) is 30.3 Å². The van der Waals surface area contributed by atoms with Crippen LogP contribution < -0.4 is 11.1 Å². The van der Waals surface area contributed by atoms with Crippen LogP contribution in [0.4, 0.5) is 4.79 Å². The Morgan fingerprint density at radius 2 is 1.57 bits per heavy atom. The van der Waals surface area contributed by atoms with E-state index in [1.165, 1.54) is 24.3 Å². The first-order valence-corrected chi connectivity index (χ1v) is 14.0. The summed E-state index contributed by atoms with van der Waals surface area (Å²) in [7, 11) is -4.12. The van der Waals surface area contributed by atoms with Crippen LogP contribution in [-0.4, -0.2) is 39.1 Å². The zero-order valence-electron chi connectivity index (χ0n) is 20.6. The number of nitrogens with one attached hydrogen (secondary N) is 1. The van der Waals surface area contributed by atoms with Gasteiger partial charge in [-0.1, -0.05) is 79.2 Å². The van der Waals surface area contributed by atoms with Crippen molar-refractivity contribution in [2.24, 2.45) is 11.7 Å². The van der Waals surface area contributed by atoms with E-state index in [1.807, 2.05) is 6.92 Å². The molecule has 0 aromatic heterocycles. The Hall–Kier alpha value is -3.20. The molecule has 7 nitrogen and oxygen atoms in total. The molecule has 0 fully saturated rings. The SMILES string of the molecule is CC(CCCN)CNC(=O)OC(CS(=O)(=O)c1ccc(Cl)cc1)(C(=O)c1ccccc1)c1ccccc1. The maximum Gasteiger partial charge on any atom is 0.408 e. The molecule has 3 aromatic carbocycles. The van der Waals surface area contributed by atoms with E-state index in [2.05, 4.69) is 5.32 Å². The van der Waals surface area contributed by atoms with Gasteiger partial charge in [0.1, 0.15) is 5.75 Å². The second-order valence-electron chi connectivity index (χ2n) is 8.91. The molecule has 0 heterocycles. The lowest BCUT2D eigenvalue weighted by atomic mass is 9.87. The van der Waals surface area contributed by atoms with Gasteiger partial charge >= 0.3 is 6.09 Å². The van der Waals surface area contributed by atoms with E-state index in [1.54, 1.807) is 60.7 Å². The third-order valence-corrected chi connectivity index (χ3v) is 8.00. The molecule has 0 saturated carbocycles. The highest BCUT2D eigenvalue weighted by molar-refractivity contribution is 7.91. The van der Waals surface area contributed by atoms with Gasteiger partial charge in [0, 0.05) is 22.7 Å². The lowest BCUT2D eigenvalue weighted by molar-refractivity contribution is 0.0229. The van der Waals surface area contributed by atoms with Gasteiger partial charge in [-0.25, -0.2) is 13.2 Å². The van der Waals surface area contributed by atoms with Crippen LogP contribution in [0.15, 0.2) is 89.8 Å². The second kappa shape index (κ2) is 12.9. The average Bonchev–Trinajstić information content (AvgIpc) is 2.91. The number of ether oxygens (including phenoxy) is 1. The summed E-state index contributed by atoms with van der Waals surface area (Å²) < 4.78 is 33.1. The molecular weight excluding hydrogens is 512 g/mol. The zero-order valence-corrected chi connectivity index (χ0v) is 22.2. The fourth-order valence-electron chi connectivity index (χ4n) is 3.96. The molecule has 9 heteroatoms. The third-order valence-electron chi connectivity index (χ3n) is 5.97. The molecule has 0 spiro atoms. The lowest BCUT2D eigenvalue weighted by Gasteiger charge is -2.32. The molecule has 196 valence electrons. The number of Topliss-reactive ketones (excluding diaryl/α,β-unsaturated/α-hetero) is 1. The van der Waals surface area contributed by atoms with E-state index >= 15 is 0 Å². The molecule has 3 rings (SSSR count). The Morgan fingerprint density at radius 1 is 0.973 bits per heavy atom. The summed E-state index contributed by atoms with van der Waals surface area (Å²) >= 11 is 5.95. The third kappa shape index (κ3) is 7.41.